The molecule has 2 N–H and O–H groups in total. The average molecular weight is 286 g/mol. The predicted molar refractivity (Wildman–Crippen MR) is 75.9 cm³/mol. The van der Waals surface area contributed by atoms with E-state index in [1.807, 2.05) is 11.8 Å². The van der Waals surface area contributed by atoms with Crippen LogP contribution in [0, 0.1) is 5.41 Å². The quantitative estimate of drug-likeness (QED) is 0.529. The molecule has 1 heterocycles. The highest BCUT2D eigenvalue weighted by molar-refractivity contribution is 7.99. The van der Waals surface area contributed by atoms with Crippen LogP contribution >= 0.6 is 11.8 Å². The predicted octanol–water partition coefficient (Wildman–Crippen LogP) is 2.06. The summed E-state index contributed by atoms with van der Waals surface area (Å²) >= 11 is 1.85. The van der Waals surface area contributed by atoms with Crippen LogP contribution in [0.15, 0.2) is 0 Å². The first kappa shape index (κ1) is 16.0. The largest absolute Gasteiger partial charge is 0.328 e. The third-order valence-corrected chi connectivity index (χ3v) is 4.62. The van der Waals surface area contributed by atoms with Crippen molar-refractivity contribution in [2.24, 2.45) is 5.41 Å². The maximum atomic E-state index is 11.9. The van der Waals surface area contributed by atoms with E-state index < -0.39 is 23.3 Å². The van der Waals surface area contributed by atoms with Crippen molar-refractivity contribution in [1.82, 2.24) is 10.6 Å². The lowest BCUT2D eigenvalue weighted by Crippen LogP contribution is -2.62. The van der Waals surface area contributed by atoms with Gasteiger partial charge in [-0.3, -0.25) is 20.2 Å². The van der Waals surface area contributed by atoms with Crippen LogP contribution in [0.1, 0.15) is 46.0 Å². The van der Waals surface area contributed by atoms with Gasteiger partial charge >= 0.3 is 6.03 Å². The van der Waals surface area contributed by atoms with Gasteiger partial charge in [-0.05, 0) is 37.2 Å². The summed E-state index contributed by atoms with van der Waals surface area (Å²) in [6.07, 6.45) is 4.08. The first-order chi connectivity index (χ1) is 9.06. The monoisotopic (exact) mass is 286 g/mol. The molecule has 0 spiro atoms. The normalized spacial score (nSPS) is 18.1. The molecular formula is C13H22N2O3S. The summed E-state index contributed by atoms with van der Waals surface area (Å²) in [5.41, 5.74) is -1.07. The van der Waals surface area contributed by atoms with Crippen molar-refractivity contribution in [3.63, 3.8) is 0 Å². The van der Waals surface area contributed by atoms with Crippen LogP contribution in [0.4, 0.5) is 4.79 Å². The van der Waals surface area contributed by atoms with Crippen molar-refractivity contribution in [3.8, 4) is 0 Å². The molecular weight excluding hydrogens is 264 g/mol. The van der Waals surface area contributed by atoms with Crippen LogP contribution in [0.25, 0.3) is 0 Å². The number of carbonyl (C=O) groups excluding carboxylic acids is 3. The van der Waals surface area contributed by atoms with Crippen molar-refractivity contribution < 1.29 is 14.4 Å². The second-order valence-electron chi connectivity index (χ2n) is 4.74. The highest BCUT2D eigenvalue weighted by Gasteiger charge is 2.48. The summed E-state index contributed by atoms with van der Waals surface area (Å²) in [5, 5.41) is 4.39. The van der Waals surface area contributed by atoms with Gasteiger partial charge < -0.3 is 0 Å². The topological polar surface area (TPSA) is 75.3 Å². The summed E-state index contributed by atoms with van der Waals surface area (Å²) in [6.45, 7) is 3.96. The van der Waals surface area contributed by atoms with Gasteiger partial charge in [-0.25, -0.2) is 4.79 Å². The Labute approximate surface area is 118 Å². The Balaban J connectivity index is 2.48. The fourth-order valence-corrected chi connectivity index (χ4v) is 3.17. The van der Waals surface area contributed by atoms with Crippen LogP contribution in [-0.2, 0) is 9.59 Å². The molecule has 6 heteroatoms. The van der Waals surface area contributed by atoms with E-state index in [1.54, 1.807) is 6.92 Å². The molecule has 1 rings (SSSR count). The van der Waals surface area contributed by atoms with E-state index in [0.717, 1.165) is 17.9 Å². The van der Waals surface area contributed by atoms with Gasteiger partial charge in [0.25, 0.3) is 0 Å². The third-order valence-electron chi connectivity index (χ3n) is 3.46. The average Bonchev–Trinajstić information content (AvgIpc) is 2.36. The van der Waals surface area contributed by atoms with Gasteiger partial charge in [-0.1, -0.05) is 20.3 Å². The smallest absolute Gasteiger partial charge is 0.277 e. The first-order valence-electron chi connectivity index (χ1n) is 6.81. The van der Waals surface area contributed by atoms with Crippen molar-refractivity contribution in [3.05, 3.63) is 0 Å². The van der Waals surface area contributed by atoms with Crippen molar-refractivity contribution >= 4 is 29.6 Å². The van der Waals surface area contributed by atoms with Crippen LogP contribution in [0.5, 0.6) is 0 Å². The van der Waals surface area contributed by atoms with Gasteiger partial charge in [0.1, 0.15) is 5.41 Å². The van der Waals surface area contributed by atoms with Gasteiger partial charge in [0.05, 0.1) is 0 Å². The molecule has 0 bridgehead atoms. The Morgan fingerprint density at radius 2 is 1.58 bits per heavy atom. The van der Waals surface area contributed by atoms with Crippen LogP contribution in [-0.4, -0.2) is 29.4 Å². The molecule has 5 nitrogen and oxygen atoms in total. The number of rotatable bonds is 8. The highest BCUT2D eigenvalue weighted by atomic mass is 32.2. The number of carbonyl (C=O) groups is 3. The number of barbiturate groups is 1. The number of urea groups is 1. The molecule has 1 aliphatic rings. The lowest BCUT2D eigenvalue weighted by atomic mass is 9.78. The maximum absolute atomic E-state index is 11.9. The minimum Gasteiger partial charge on any atom is -0.277 e. The zero-order chi connectivity index (χ0) is 14.3. The first-order valence-corrected chi connectivity index (χ1v) is 7.97. The van der Waals surface area contributed by atoms with E-state index >= 15 is 0 Å². The molecule has 0 aliphatic carbocycles. The Kier molecular flexibility index (Phi) is 6.34. The molecule has 0 aromatic heterocycles. The minimum atomic E-state index is -1.07. The molecule has 1 aliphatic heterocycles. The Morgan fingerprint density at radius 1 is 1.00 bits per heavy atom. The number of hydrogen-bond acceptors (Lipinski definition) is 4. The fourth-order valence-electron chi connectivity index (χ4n) is 2.13. The SMILES string of the molecule is CCCCSCCCC1(CC)C(=O)NC(=O)NC1=O. The van der Waals surface area contributed by atoms with Gasteiger partial charge in [-0.2, -0.15) is 11.8 Å². The molecule has 0 aromatic rings. The van der Waals surface area contributed by atoms with Crippen molar-refractivity contribution in [1.29, 1.82) is 0 Å². The Morgan fingerprint density at radius 3 is 2.11 bits per heavy atom. The van der Waals surface area contributed by atoms with E-state index in [1.165, 1.54) is 12.8 Å². The van der Waals surface area contributed by atoms with E-state index in [-0.39, 0.29) is 0 Å². The number of amides is 4. The second-order valence-corrected chi connectivity index (χ2v) is 5.97. The van der Waals surface area contributed by atoms with Gasteiger partial charge in [-0.15, -0.1) is 0 Å². The number of hydrogen-bond donors (Lipinski definition) is 2. The lowest BCUT2D eigenvalue weighted by molar-refractivity contribution is -0.145. The highest BCUT2D eigenvalue weighted by Crippen LogP contribution is 2.31. The van der Waals surface area contributed by atoms with Crippen LogP contribution in [0.2, 0.25) is 0 Å². The van der Waals surface area contributed by atoms with E-state index in [4.69, 9.17) is 0 Å². The number of thioether (sulfide) groups is 1. The fraction of sp³-hybridized carbons (Fsp3) is 0.769. The molecule has 108 valence electrons. The second kappa shape index (κ2) is 7.53. The summed E-state index contributed by atoms with van der Waals surface area (Å²) < 4.78 is 0. The minimum absolute atomic E-state index is 0.414. The number of nitrogens with one attached hydrogen (secondary N) is 2. The Hall–Kier alpha value is -1.04. The van der Waals surface area contributed by atoms with Crippen molar-refractivity contribution in [2.45, 2.75) is 46.0 Å². The maximum Gasteiger partial charge on any atom is 0.328 e. The molecule has 1 saturated heterocycles. The standard InChI is InChI=1S/C13H22N2O3S/c1-3-5-8-19-9-6-7-13(4-2)10(16)14-12(18)15-11(13)17/h3-9H2,1-2H3,(H2,14,15,16,17,18). The zero-order valence-electron chi connectivity index (χ0n) is 11.6. The molecule has 19 heavy (non-hydrogen) atoms. The van der Waals surface area contributed by atoms with Gasteiger partial charge in [0.2, 0.25) is 11.8 Å². The summed E-state index contributed by atoms with van der Waals surface area (Å²) in [5.74, 6) is 1.15. The molecule has 0 unspecified atom stereocenters. The van der Waals surface area contributed by atoms with Gasteiger partial charge in [0.15, 0.2) is 0 Å². The molecule has 0 radical (unpaired) electrons. The van der Waals surface area contributed by atoms with Crippen molar-refractivity contribution in [2.75, 3.05) is 11.5 Å². The molecule has 1 fully saturated rings. The van der Waals surface area contributed by atoms with Crippen LogP contribution < -0.4 is 10.6 Å². The van der Waals surface area contributed by atoms with E-state index in [9.17, 15) is 14.4 Å². The number of imide groups is 2. The van der Waals surface area contributed by atoms with E-state index in [0.29, 0.717) is 12.8 Å². The third kappa shape index (κ3) is 3.96. The summed E-state index contributed by atoms with van der Waals surface area (Å²) in [4.78, 5) is 34.9. The van der Waals surface area contributed by atoms with Crippen LogP contribution in [0.3, 0.4) is 0 Å². The lowest BCUT2D eigenvalue weighted by Gasteiger charge is -2.32. The summed E-state index contributed by atoms with van der Waals surface area (Å²) in [7, 11) is 0. The Bertz CT molecular complexity index is 338. The molecule has 0 saturated carbocycles. The zero-order valence-corrected chi connectivity index (χ0v) is 12.4. The van der Waals surface area contributed by atoms with Gasteiger partial charge in [0, 0.05) is 0 Å². The van der Waals surface area contributed by atoms with E-state index in [2.05, 4.69) is 17.6 Å². The molecule has 4 amide bonds. The molecule has 0 aromatic carbocycles. The molecule has 0 atom stereocenters. The summed E-state index contributed by atoms with van der Waals surface area (Å²) in [6, 6.07) is -0.712. The number of unbranched alkanes of at least 4 members (excludes halogenated alkanes) is 1.